The number of amides is 1. The van der Waals surface area contributed by atoms with Crippen LogP contribution in [0.1, 0.15) is 28.1 Å². The van der Waals surface area contributed by atoms with Crippen molar-refractivity contribution in [2.45, 2.75) is 19.4 Å². The van der Waals surface area contributed by atoms with Crippen molar-refractivity contribution >= 4 is 22.9 Å². The number of aromatic nitrogens is 1. The molecular weight excluding hydrogens is 446 g/mol. The topological polar surface area (TPSA) is 66.6 Å². The molecule has 5 heteroatoms. The molecular formula is C31H27N3O2. The number of rotatable bonds is 6. The largest absolute Gasteiger partial charge is 0.372 e. The van der Waals surface area contributed by atoms with Gasteiger partial charge in [-0.15, -0.1) is 0 Å². The lowest BCUT2D eigenvalue weighted by atomic mass is 9.85. The van der Waals surface area contributed by atoms with Crippen LogP contribution in [0, 0.1) is 13.8 Å². The molecule has 4 aromatic carbocycles. The second-order valence-electron chi connectivity index (χ2n) is 8.80. The number of aliphatic hydroxyl groups is 1. The zero-order valence-corrected chi connectivity index (χ0v) is 20.2. The van der Waals surface area contributed by atoms with Gasteiger partial charge in [0.15, 0.2) is 5.60 Å². The third-order valence-electron chi connectivity index (χ3n) is 6.56. The Bertz CT molecular complexity index is 1510. The van der Waals surface area contributed by atoms with Gasteiger partial charge in [-0.3, -0.25) is 4.79 Å². The molecule has 0 saturated heterocycles. The van der Waals surface area contributed by atoms with Crippen LogP contribution in [0.5, 0.6) is 0 Å². The Hall–Kier alpha value is -4.48. The normalized spacial score (nSPS) is 11.8. The molecule has 36 heavy (non-hydrogen) atoms. The number of hydrogen-bond donors (Lipinski definition) is 2. The van der Waals surface area contributed by atoms with E-state index in [0.717, 1.165) is 28.0 Å². The lowest BCUT2D eigenvalue weighted by Crippen LogP contribution is -2.43. The van der Waals surface area contributed by atoms with Gasteiger partial charge in [-0.25, -0.2) is 5.43 Å². The van der Waals surface area contributed by atoms with E-state index in [9.17, 15) is 9.90 Å². The maximum absolute atomic E-state index is 13.3. The highest BCUT2D eigenvalue weighted by Gasteiger charge is 2.39. The van der Waals surface area contributed by atoms with Gasteiger partial charge >= 0.3 is 0 Å². The summed E-state index contributed by atoms with van der Waals surface area (Å²) in [6.45, 7) is 4.08. The predicted molar refractivity (Wildman–Crippen MR) is 144 cm³/mol. The van der Waals surface area contributed by atoms with Crippen molar-refractivity contribution in [2.75, 3.05) is 0 Å². The van der Waals surface area contributed by atoms with Gasteiger partial charge in [0.25, 0.3) is 5.91 Å². The van der Waals surface area contributed by atoms with Crippen LogP contribution in [0.2, 0.25) is 0 Å². The molecule has 0 spiro atoms. The number of aryl methyl sites for hydroxylation is 1. The first-order valence-corrected chi connectivity index (χ1v) is 11.8. The number of fused-ring (bicyclic) bond motifs is 1. The van der Waals surface area contributed by atoms with Gasteiger partial charge in [0, 0.05) is 22.3 Å². The van der Waals surface area contributed by atoms with E-state index in [0.29, 0.717) is 11.1 Å². The minimum atomic E-state index is -1.88. The molecule has 0 aliphatic heterocycles. The predicted octanol–water partition coefficient (Wildman–Crippen LogP) is 5.63. The quantitative estimate of drug-likeness (QED) is 0.248. The van der Waals surface area contributed by atoms with Gasteiger partial charge in [-0.2, -0.15) is 5.10 Å². The third kappa shape index (κ3) is 4.10. The number of carbonyl (C=O) groups is 1. The number of benzene rings is 4. The first kappa shape index (κ1) is 23.3. The summed E-state index contributed by atoms with van der Waals surface area (Å²) < 4.78 is 2.19. The standard InChI is InChI=1S/C31H27N3O2/c1-22-20-25(23(2)34(22)29-19-11-13-24-12-9-10-18-28(24)29)21-32-33-30(35)31(36,26-14-5-3-6-15-26)27-16-7-4-8-17-27/h3-21,36H,1-2H3,(H,33,35). The number of nitrogens with zero attached hydrogens (tertiary/aromatic N) is 2. The third-order valence-corrected chi connectivity index (χ3v) is 6.56. The molecule has 5 aromatic rings. The molecule has 0 fully saturated rings. The summed E-state index contributed by atoms with van der Waals surface area (Å²) in [6, 6.07) is 34.4. The number of nitrogens with one attached hydrogen (secondary N) is 1. The molecule has 0 saturated carbocycles. The number of hydrogen-bond acceptors (Lipinski definition) is 3. The highest BCUT2D eigenvalue weighted by Crippen LogP contribution is 2.30. The Morgan fingerprint density at radius 1 is 0.833 bits per heavy atom. The average Bonchev–Trinajstić information content (AvgIpc) is 3.21. The fourth-order valence-electron chi connectivity index (χ4n) is 4.72. The van der Waals surface area contributed by atoms with E-state index >= 15 is 0 Å². The van der Waals surface area contributed by atoms with Crippen LogP contribution in [0.4, 0.5) is 0 Å². The first-order chi connectivity index (χ1) is 17.5. The number of hydrazone groups is 1. The molecule has 0 unspecified atom stereocenters. The molecule has 0 atom stereocenters. The summed E-state index contributed by atoms with van der Waals surface area (Å²) in [5.74, 6) is -0.626. The summed E-state index contributed by atoms with van der Waals surface area (Å²) >= 11 is 0. The van der Waals surface area contributed by atoms with Crippen LogP contribution >= 0.6 is 0 Å². The molecule has 1 heterocycles. The minimum absolute atomic E-state index is 0.470. The Balaban J connectivity index is 1.45. The van der Waals surface area contributed by atoms with Gasteiger partial charge in [0.2, 0.25) is 0 Å². The summed E-state index contributed by atoms with van der Waals surface area (Å²) in [4.78, 5) is 13.3. The van der Waals surface area contributed by atoms with Crippen molar-refractivity contribution in [1.29, 1.82) is 0 Å². The van der Waals surface area contributed by atoms with Gasteiger partial charge in [0.1, 0.15) is 0 Å². The Labute approximate surface area is 210 Å². The van der Waals surface area contributed by atoms with E-state index in [2.05, 4.69) is 45.4 Å². The molecule has 5 rings (SSSR count). The van der Waals surface area contributed by atoms with E-state index in [1.165, 1.54) is 5.39 Å². The average molecular weight is 474 g/mol. The fraction of sp³-hybridized carbons (Fsp3) is 0.0968. The summed E-state index contributed by atoms with van der Waals surface area (Å²) in [5, 5.41) is 18.1. The highest BCUT2D eigenvalue weighted by atomic mass is 16.3. The van der Waals surface area contributed by atoms with Crippen LogP contribution in [-0.4, -0.2) is 21.8 Å². The molecule has 0 aliphatic rings. The van der Waals surface area contributed by atoms with Crippen molar-refractivity contribution in [3.63, 3.8) is 0 Å². The maximum Gasteiger partial charge on any atom is 0.281 e. The minimum Gasteiger partial charge on any atom is -0.372 e. The van der Waals surface area contributed by atoms with Crippen LogP contribution < -0.4 is 5.43 Å². The van der Waals surface area contributed by atoms with E-state index in [1.54, 1.807) is 54.7 Å². The molecule has 1 amide bonds. The van der Waals surface area contributed by atoms with Crippen LogP contribution in [0.3, 0.4) is 0 Å². The lowest BCUT2D eigenvalue weighted by molar-refractivity contribution is -0.136. The van der Waals surface area contributed by atoms with Crippen molar-refractivity contribution in [3.8, 4) is 5.69 Å². The van der Waals surface area contributed by atoms with Crippen molar-refractivity contribution in [3.05, 3.63) is 137 Å². The molecule has 1 aromatic heterocycles. The van der Waals surface area contributed by atoms with E-state index < -0.39 is 11.5 Å². The van der Waals surface area contributed by atoms with Crippen LogP contribution in [0.15, 0.2) is 114 Å². The zero-order valence-electron chi connectivity index (χ0n) is 20.2. The summed E-state index contributed by atoms with van der Waals surface area (Å²) in [6.07, 6.45) is 1.62. The Kier molecular flexibility index (Phi) is 6.23. The Morgan fingerprint density at radius 3 is 2.08 bits per heavy atom. The van der Waals surface area contributed by atoms with Crippen LogP contribution in [0.25, 0.3) is 16.5 Å². The first-order valence-electron chi connectivity index (χ1n) is 11.8. The monoisotopic (exact) mass is 473 g/mol. The van der Waals surface area contributed by atoms with Crippen molar-refractivity contribution < 1.29 is 9.90 Å². The molecule has 0 radical (unpaired) electrons. The second-order valence-corrected chi connectivity index (χ2v) is 8.80. The Morgan fingerprint density at radius 2 is 1.42 bits per heavy atom. The van der Waals surface area contributed by atoms with E-state index in [-0.39, 0.29) is 0 Å². The lowest BCUT2D eigenvalue weighted by Gasteiger charge is -2.27. The van der Waals surface area contributed by atoms with Gasteiger partial charge in [-0.05, 0) is 42.5 Å². The van der Waals surface area contributed by atoms with Gasteiger partial charge in [0.05, 0.1) is 11.9 Å². The fourth-order valence-corrected chi connectivity index (χ4v) is 4.72. The van der Waals surface area contributed by atoms with E-state index in [4.69, 9.17) is 0 Å². The van der Waals surface area contributed by atoms with Gasteiger partial charge < -0.3 is 9.67 Å². The summed E-state index contributed by atoms with van der Waals surface area (Å²) in [7, 11) is 0. The molecule has 0 aliphatic carbocycles. The van der Waals surface area contributed by atoms with Crippen molar-refractivity contribution in [1.82, 2.24) is 9.99 Å². The highest BCUT2D eigenvalue weighted by molar-refractivity contribution is 5.93. The van der Waals surface area contributed by atoms with Crippen LogP contribution in [-0.2, 0) is 10.4 Å². The SMILES string of the molecule is Cc1cc(C=NNC(=O)C(O)(c2ccccc2)c2ccccc2)c(C)n1-c1cccc2ccccc12. The van der Waals surface area contributed by atoms with Crippen molar-refractivity contribution in [2.24, 2.45) is 5.10 Å². The maximum atomic E-state index is 13.3. The molecule has 5 nitrogen and oxygen atoms in total. The van der Waals surface area contributed by atoms with Gasteiger partial charge in [-0.1, -0.05) is 97.1 Å². The molecule has 2 N–H and O–H groups in total. The smallest absolute Gasteiger partial charge is 0.281 e. The number of carbonyl (C=O) groups excluding carboxylic acids is 1. The molecule has 0 bridgehead atoms. The zero-order chi connectivity index (χ0) is 25.1. The second kappa shape index (κ2) is 9.64. The molecule has 178 valence electrons. The van der Waals surface area contributed by atoms with E-state index in [1.807, 2.05) is 44.2 Å². The summed E-state index contributed by atoms with van der Waals surface area (Å²) in [5.41, 5.74) is 5.66.